The molecule has 1 N–H and O–H groups in total. The van der Waals surface area contributed by atoms with Crippen LogP contribution < -0.4 is 5.32 Å². The van der Waals surface area contributed by atoms with Crippen molar-refractivity contribution in [2.45, 2.75) is 26.8 Å². The van der Waals surface area contributed by atoms with Gasteiger partial charge in [-0.2, -0.15) is 5.26 Å². The van der Waals surface area contributed by atoms with E-state index in [1.54, 1.807) is 0 Å². The zero-order valence-electron chi connectivity index (χ0n) is 9.97. The van der Waals surface area contributed by atoms with Crippen LogP contribution in [0.15, 0.2) is 12.3 Å². The van der Waals surface area contributed by atoms with Gasteiger partial charge in [-0.25, -0.2) is 4.98 Å². The van der Waals surface area contributed by atoms with Gasteiger partial charge in [0.05, 0.1) is 4.92 Å². The minimum atomic E-state index is -0.566. The molecule has 0 aliphatic heterocycles. The molecule has 0 saturated carbocycles. The summed E-state index contributed by atoms with van der Waals surface area (Å²) < 4.78 is 0. The van der Waals surface area contributed by atoms with Crippen molar-refractivity contribution in [2.24, 2.45) is 5.92 Å². The van der Waals surface area contributed by atoms with Crippen molar-refractivity contribution >= 4 is 11.5 Å². The van der Waals surface area contributed by atoms with Crippen LogP contribution in [-0.2, 0) is 0 Å². The summed E-state index contributed by atoms with van der Waals surface area (Å²) in [6.45, 7) is 6.04. The average molecular weight is 234 g/mol. The standard InChI is InChI=1S/C11H14N4O2/c1-7(2)8(3)14-11-9(5-12)4-10(6-13-11)15(16)17/h4,6-8H,1-3H3,(H,13,14). The highest BCUT2D eigenvalue weighted by atomic mass is 16.6. The first-order chi connectivity index (χ1) is 7.95. The maximum atomic E-state index is 10.5. The summed E-state index contributed by atoms with van der Waals surface area (Å²) in [5, 5.41) is 22.5. The summed E-state index contributed by atoms with van der Waals surface area (Å²) in [5.74, 6) is 0.762. The second-order valence-corrected chi connectivity index (χ2v) is 4.14. The number of rotatable bonds is 4. The van der Waals surface area contributed by atoms with E-state index in [2.05, 4.69) is 10.3 Å². The molecule has 1 rings (SSSR count). The molecule has 0 fully saturated rings. The van der Waals surface area contributed by atoms with Crippen molar-refractivity contribution in [1.29, 1.82) is 5.26 Å². The predicted octanol–water partition coefficient (Wildman–Crippen LogP) is 2.32. The summed E-state index contributed by atoms with van der Waals surface area (Å²) >= 11 is 0. The maximum absolute atomic E-state index is 10.5. The van der Waals surface area contributed by atoms with Gasteiger partial charge >= 0.3 is 0 Å². The van der Waals surface area contributed by atoms with E-state index in [4.69, 9.17) is 5.26 Å². The number of anilines is 1. The normalized spacial score (nSPS) is 11.9. The summed E-state index contributed by atoms with van der Waals surface area (Å²) in [5.41, 5.74) is 0.0102. The first-order valence-corrected chi connectivity index (χ1v) is 5.26. The zero-order valence-corrected chi connectivity index (χ0v) is 9.97. The van der Waals surface area contributed by atoms with Gasteiger partial charge in [0.15, 0.2) is 0 Å². The van der Waals surface area contributed by atoms with Gasteiger partial charge < -0.3 is 5.32 Å². The fourth-order valence-corrected chi connectivity index (χ4v) is 1.14. The minimum absolute atomic E-state index is 0.135. The first-order valence-electron chi connectivity index (χ1n) is 5.26. The van der Waals surface area contributed by atoms with Crippen LogP contribution in [0.5, 0.6) is 0 Å². The van der Waals surface area contributed by atoms with E-state index in [1.165, 1.54) is 6.07 Å². The third-order valence-electron chi connectivity index (χ3n) is 2.57. The van der Waals surface area contributed by atoms with Crippen molar-refractivity contribution in [3.63, 3.8) is 0 Å². The number of pyridine rings is 1. The topological polar surface area (TPSA) is 91.8 Å². The molecule has 17 heavy (non-hydrogen) atoms. The molecule has 0 bridgehead atoms. The van der Waals surface area contributed by atoms with Gasteiger partial charge in [0.1, 0.15) is 23.6 Å². The summed E-state index contributed by atoms with van der Waals surface area (Å²) in [7, 11) is 0. The second-order valence-electron chi connectivity index (χ2n) is 4.14. The molecule has 1 heterocycles. The number of aromatic nitrogens is 1. The molecular weight excluding hydrogens is 220 g/mol. The molecule has 6 heteroatoms. The Labute approximate surface area is 99.4 Å². The molecule has 1 aromatic rings. The van der Waals surface area contributed by atoms with Gasteiger partial charge in [0.25, 0.3) is 5.69 Å². The van der Waals surface area contributed by atoms with E-state index in [-0.39, 0.29) is 17.3 Å². The first kappa shape index (κ1) is 12.9. The highest BCUT2D eigenvalue weighted by Crippen LogP contribution is 2.19. The van der Waals surface area contributed by atoms with E-state index >= 15 is 0 Å². The molecule has 1 atom stereocenters. The Balaban J connectivity index is 3.02. The third kappa shape index (κ3) is 3.14. The monoisotopic (exact) mass is 234 g/mol. The highest BCUT2D eigenvalue weighted by Gasteiger charge is 2.14. The van der Waals surface area contributed by atoms with Crippen LogP contribution >= 0.6 is 0 Å². The molecule has 0 aromatic carbocycles. The number of nitrogens with one attached hydrogen (secondary N) is 1. The van der Waals surface area contributed by atoms with Crippen LogP contribution in [0.4, 0.5) is 11.5 Å². The van der Waals surface area contributed by atoms with Crippen LogP contribution in [0.25, 0.3) is 0 Å². The van der Waals surface area contributed by atoms with Gasteiger partial charge in [-0.15, -0.1) is 0 Å². The smallest absolute Gasteiger partial charge is 0.289 e. The molecule has 90 valence electrons. The van der Waals surface area contributed by atoms with E-state index < -0.39 is 4.92 Å². The van der Waals surface area contributed by atoms with Gasteiger partial charge in [-0.3, -0.25) is 10.1 Å². The number of nitro groups is 1. The zero-order chi connectivity index (χ0) is 13.0. The van der Waals surface area contributed by atoms with Crippen LogP contribution in [0, 0.1) is 27.4 Å². The molecule has 1 unspecified atom stereocenters. The minimum Gasteiger partial charge on any atom is -0.366 e. The van der Waals surface area contributed by atoms with Crippen LogP contribution in [0.3, 0.4) is 0 Å². The van der Waals surface area contributed by atoms with E-state index in [9.17, 15) is 10.1 Å². The third-order valence-corrected chi connectivity index (χ3v) is 2.57. The second kappa shape index (κ2) is 5.25. The lowest BCUT2D eigenvalue weighted by Crippen LogP contribution is -2.22. The molecule has 0 radical (unpaired) electrons. The lowest BCUT2D eigenvalue weighted by Gasteiger charge is -2.18. The van der Waals surface area contributed by atoms with Crippen molar-refractivity contribution in [3.8, 4) is 6.07 Å². The summed E-state index contributed by atoms with van der Waals surface area (Å²) in [6.07, 6.45) is 1.15. The molecule has 6 nitrogen and oxygen atoms in total. The van der Waals surface area contributed by atoms with Gasteiger partial charge in [0, 0.05) is 12.1 Å². The Bertz CT molecular complexity index is 465. The average Bonchev–Trinajstić information content (AvgIpc) is 2.28. The summed E-state index contributed by atoms with van der Waals surface area (Å²) in [6, 6.07) is 3.27. The van der Waals surface area contributed by atoms with Crippen LogP contribution in [-0.4, -0.2) is 15.9 Å². The maximum Gasteiger partial charge on any atom is 0.289 e. The number of nitrogens with zero attached hydrogens (tertiary/aromatic N) is 3. The number of hydrogen-bond donors (Lipinski definition) is 1. The number of nitriles is 1. The van der Waals surface area contributed by atoms with Crippen molar-refractivity contribution < 1.29 is 4.92 Å². The van der Waals surface area contributed by atoms with Gasteiger partial charge in [0.2, 0.25) is 0 Å². The molecule has 0 amide bonds. The predicted molar refractivity (Wildman–Crippen MR) is 63.5 cm³/mol. The van der Waals surface area contributed by atoms with Gasteiger partial charge in [-0.1, -0.05) is 13.8 Å². The highest BCUT2D eigenvalue weighted by molar-refractivity contribution is 5.55. The molecule has 1 aromatic heterocycles. The largest absolute Gasteiger partial charge is 0.366 e. The SMILES string of the molecule is CC(C)C(C)Nc1ncc([N+](=O)[O-])cc1C#N. The lowest BCUT2D eigenvalue weighted by atomic mass is 10.1. The van der Waals surface area contributed by atoms with Crippen molar-refractivity contribution in [3.05, 3.63) is 27.9 Å². The quantitative estimate of drug-likeness (QED) is 0.637. The molecule has 0 spiro atoms. The van der Waals surface area contributed by atoms with E-state index in [0.717, 1.165) is 6.20 Å². The van der Waals surface area contributed by atoms with Crippen LogP contribution in [0.1, 0.15) is 26.3 Å². The number of hydrogen-bond acceptors (Lipinski definition) is 5. The molecular formula is C11H14N4O2. The Morgan fingerprint density at radius 2 is 2.18 bits per heavy atom. The van der Waals surface area contributed by atoms with Gasteiger partial charge in [-0.05, 0) is 12.8 Å². The fraction of sp³-hybridized carbons (Fsp3) is 0.455. The van der Waals surface area contributed by atoms with Crippen LogP contribution in [0.2, 0.25) is 0 Å². The Kier molecular flexibility index (Phi) is 3.99. The Morgan fingerprint density at radius 1 is 1.53 bits per heavy atom. The Hall–Kier alpha value is -2.16. The van der Waals surface area contributed by atoms with E-state index in [1.807, 2.05) is 26.8 Å². The Morgan fingerprint density at radius 3 is 2.65 bits per heavy atom. The molecule has 0 aliphatic rings. The fourth-order valence-electron chi connectivity index (χ4n) is 1.14. The lowest BCUT2D eigenvalue weighted by molar-refractivity contribution is -0.385. The molecule has 0 saturated heterocycles. The van der Waals surface area contributed by atoms with E-state index in [0.29, 0.717) is 11.7 Å². The summed E-state index contributed by atoms with van der Waals surface area (Å²) in [4.78, 5) is 13.9. The van der Waals surface area contributed by atoms with Crippen molar-refractivity contribution in [2.75, 3.05) is 5.32 Å². The molecule has 0 aliphatic carbocycles. The van der Waals surface area contributed by atoms with Crippen molar-refractivity contribution in [1.82, 2.24) is 4.98 Å².